The van der Waals surface area contributed by atoms with E-state index in [0.717, 1.165) is 16.4 Å². The average molecular weight is 320 g/mol. The number of esters is 1. The predicted octanol–water partition coefficient (Wildman–Crippen LogP) is 0.986. The van der Waals surface area contributed by atoms with Gasteiger partial charge in [0.25, 0.3) is 0 Å². The number of benzene rings is 1. The first-order chi connectivity index (χ1) is 9.80. The van der Waals surface area contributed by atoms with Crippen LogP contribution in [-0.4, -0.2) is 46.5 Å². The monoisotopic (exact) mass is 320 g/mol. The van der Waals surface area contributed by atoms with Gasteiger partial charge in [-0.1, -0.05) is 0 Å². The minimum absolute atomic E-state index is 0.0501. The van der Waals surface area contributed by atoms with Gasteiger partial charge < -0.3 is 9.47 Å². The molecule has 9 heteroatoms. The Bertz CT molecular complexity index is 606. The maximum atomic E-state index is 13.1. The highest BCUT2D eigenvalue weighted by atomic mass is 32.2. The van der Waals surface area contributed by atoms with Crippen LogP contribution >= 0.6 is 0 Å². The van der Waals surface area contributed by atoms with E-state index in [1.54, 1.807) is 0 Å². The summed E-state index contributed by atoms with van der Waals surface area (Å²) in [5, 5.41) is 0. The van der Waals surface area contributed by atoms with Gasteiger partial charge in [-0.25, -0.2) is 4.39 Å². The Labute approximate surface area is 122 Å². The van der Waals surface area contributed by atoms with Crippen molar-refractivity contribution in [2.24, 2.45) is 0 Å². The third kappa shape index (κ3) is 4.87. The highest BCUT2D eigenvalue weighted by Crippen LogP contribution is 2.26. The second-order valence-electron chi connectivity index (χ2n) is 4.10. The number of nitrogens with zero attached hydrogens (tertiary/aromatic N) is 1. The fourth-order valence-electron chi connectivity index (χ4n) is 1.44. The molecule has 0 unspecified atom stereocenters. The summed E-state index contributed by atoms with van der Waals surface area (Å²) in [6.07, 6.45) is -0.0749. The molecule has 0 radical (unpaired) electrons. The molecule has 0 amide bonds. The lowest BCUT2D eigenvalue weighted by atomic mass is 10.3. The van der Waals surface area contributed by atoms with E-state index >= 15 is 0 Å². The van der Waals surface area contributed by atoms with Gasteiger partial charge in [-0.15, -0.1) is 0 Å². The Hall–Kier alpha value is -1.87. The fourth-order valence-corrected chi connectivity index (χ4v) is 2.37. The Balaban J connectivity index is 2.82. The molecule has 118 valence electrons. The van der Waals surface area contributed by atoms with Gasteiger partial charge in [0.05, 0.1) is 26.3 Å². The molecule has 0 heterocycles. The molecule has 0 aliphatic heterocycles. The number of rotatable bonds is 7. The van der Waals surface area contributed by atoms with E-state index < -0.39 is 22.0 Å². The highest BCUT2D eigenvalue weighted by Gasteiger charge is 2.20. The van der Waals surface area contributed by atoms with Crippen molar-refractivity contribution < 1.29 is 27.1 Å². The van der Waals surface area contributed by atoms with Crippen LogP contribution in [0.25, 0.3) is 0 Å². The highest BCUT2D eigenvalue weighted by molar-refractivity contribution is 7.90. The lowest BCUT2D eigenvalue weighted by Crippen LogP contribution is -2.34. The third-order valence-corrected chi connectivity index (χ3v) is 4.15. The number of nitrogens with one attached hydrogen (secondary N) is 1. The van der Waals surface area contributed by atoms with Gasteiger partial charge in [-0.2, -0.15) is 12.7 Å². The molecule has 1 N–H and O–H groups in total. The van der Waals surface area contributed by atoms with Crippen molar-refractivity contribution in [3.63, 3.8) is 0 Å². The van der Waals surface area contributed by atoms with Crippen LogP contribution in [0.4, 0.5) is 10.1 Å². The van der Waals surface area contributed by atoms with Crippen LogP contribution in [0.3, 0.4) is 0 Å². The molecular formula is C12H17FN2O5S. The second-order valence-corrected chi connectivity index (χ2v) is 5.88. The zero-order valence-electron chi connectivity index (χ0n) is 11.9. The lowest BCUT2D eigenvalue weighted by molar-refractivity contribution is -0.140. The normalized spacial score (nSPS) is 11.3. The molecule has 7 nitrogen and oxygen atoms in total. The molecule has 0 atom stereocenters. The largest absolute Gasteiger partial charge is 0.494 e. The molecule has 1 aromatic carbocycles. The van der Waals surface area contributed by atoms with Crippen molar-refractivity contribution in [1.29, 1.82) is 0 Å². The van der Waals surface area contributed by atoms with Crippen LogP contribution in [0, 0.1) is 5.82 Å². The number of carbonyl (C=O) groups is 1. The van der Waals surface area contributed by atoms with Crippen molar-refractivity contribution in [2.45, 2.75) is 6.42 Å². The van der Waals surface area contributed by atoms with Crippen molar-refractivity contribution in [1.82, 2.24) is 4.31 Å². The minimum atomic E-state index is -3.89. The van der Waals surface area contributed by atoms with E-state index in [0.29, 0.717) is 0 Å². The van der Waals surface area contributed by atoms with E-state index in [9.17, 15) is 17.6 Å². The molecule has 0 fully saturated rings. The molecule has 0 saturated heterocycles. The first kappa shape index (κ1) is 17.2. The summed E-state index contributed by atoms with van der Waals surface area (Å²) in [6, 6.07) is 3.42. The molecule has 0 bridgehead atoms. The van der Waals surface area contributed by atoms with Gasteiger partial charge in [0.15, 0.2) is 0 Å². The van der Waals surface area contributed by atoms with Crippen LogP contribution in [0.15, 0.2) is 18.2 Å². The van der Waals surface area contributed by atoms with Crippen molar-refractivity contribution in [2.75, 3.05) is 32.5 Å². The second kappa shape index (κ2) is 7.23. The van der Waals surface area contributed by atoms with Crippen LogP contribution in [0.5, 0.6) is 5.75 Å². The van der Waals surface area contributed by atoms with Crippen LogP contribution < -0.4 is 9.46 Å². The minimum Gasteiger partial charge on any atom is -0.494 e. The van der Waals surface area contributed by atoms with Gasteiger partial charge in [-0.05, 0) is 12.1 Å². The number of carbonyl (C=O) groups excluding carboxylic acids is 1. The Kier molecular flexibility index (Phi) is 5.91. The molecule has 0 spiro atoms. The summed E-state index contributed by atoms with van der Waals surface area (Å²) >= 11 is 0. The van der Waals surface area contributed by atoms with E-state index in [-0.39, 0.29) is 24.4 Å². The number of methoxy groups -OCH3 is 2. The molecule has 1 aromatic rings. The zero-order chi connectivity index (χ0) is 16.0. The SMILES string of the molecule is COC(=O)CCN(C)S(=O)(=O)Nc1ccc(F)cc1OC. The van der Waals surface area contributed by atoms with Crippen LogP contribution in [-0.2, 0) is 19.7 Å². The smallest absolute Gasteiger partial charge is 0.306 e. The average Bonchev–Trinajstić information content (AvgIpc) is 2.45. The molecule has 0 aromatic heterocycles. The van der Waals surface area contributed by atoms with Gasteiger partial charge >= 0.3 is 16.2 Å². The summed E-state index contributed by atoms with van der Waals surface area (Å²) < 4.78 is 49.7. The van der Waals surface area contributed by atoms with E-state index in [1.807, 2.05) is 0 Å². The molecule has 0 saturated carbocycles. The zero-order valence-corrected chi connectivity index (χ0v) is 12.7. The Morgan fingerprint density at radius 2 is 2.05 bits per heavy atom. The van der Waals surface area contributed by atoms with Crippen molar-refractivity contribution >= 4 is 21.9 Å². The van der Waals surface area contributed by atoms with Crippen LogP contribution in [0.1, 0.15) is 6.42 Å². The summed E-state index contributed by atoms with van der Waals surface area (Å²) in [5.41, 5.74) is 0.101. The number of ether oxygens (including phenoxy) is 2. The van der Waals surface area contributed by atoms with Crippen molar-refractivity contribution in [3.8, 4) is 5.75 Å². The van der Waals surface area contributed by atoms with E-state index in [4.69, 9.17) is 4.74 Å². The molecule has 21 heavy (non-hydrogen) atoms. The number of halogens is 1. The third-order valence-electron chi connectivity index (χ3n) is 2.67. The molecule has 1 rings (SSSR count). The number of anilines is 1. The molecule has 0 aliphatic rings. The van der Waals surface area contributed by atoms with E-state index in [2.05, 4.69) is 9.46 Å². The Morgan fingerprint density at radius 3 is 2.62 bits per heavy atom. The van der Waals surface area contributed by atoms with Gasteiger partial charge in [0.1, 0.15) is 11.6 Å². The van der Waals surface area contributed by atoms with Crippen molar-refractivity contribution in [3.05, 3.63) is 24.0 Å². The number of hydrogen-bond acceptors (Lipinski definition) is 5. The summed E-state index contributed by atoms with van der Waals surface area (Å²) in [5.74, 6) is -1.01. The maximum Gasteiger partial charge on any atom is 0.306 e. The maximum absolute atomic E-state index is 13.1. The Morgan fingerprint density at radius 1 is 1.38 bits per heavy atom. The molecular weight excluding hydrogens is 303 g/mol. The predicted molar refractivity (Wildman–Crippen MR) is 74.8 cm³/mol. The summed E-state index contributed by atoms with van der Waals surface area (Å²) in [6.45, 7) is -0.0501. The lowest BCUT2D eigenvalue weighted by Gasteiger charge is -2.19. The first-order valence-corrected chi connectivity index (χ1v) is 7.38. The first-order valence-electron chi connectivity index (χ1n) is 5.94. The fraction of sp³-hybridized carbons (Fsp3) is 0.417. The van der Waals surface area contributed by atoms with Gasteiger partial charge in [0.2, 0.25) is 0 Å². The van der Waals surface area contributed by atoms with Gasteiger partial charge in [-0.3, -0.25) is 9.52 Å². The molecule has 0 aliphatic carbocycles. The summed E-state index contributed by atoms with van der Waals surface area (Å²) in [7, 11) is -0.0629. The topological polar surface area (TPSA) is 84.9 Å². The standard InChI is InChI=1S/C12H17FN2O5S/c1-15(7-6-12(16)20-3)21(17,18)14-10-5-4-9(13)8-11(10)19-2/h4-5,8,14H,6-7H2,1-3H3. The quantitative estimate of drug-likeness (QED) is 0.757. The van der Waals surface area contributed by atoms with Crippen LogP contribution in [0.2, 0.25) is 0 Å². The van der Waals surface area contributed by atoms with Gasteiger partial charge in [0, 0.05) is 19.7 Å². The number of hydrogen-bond donors (Lipinski definition) is 1. The van der Waals surface area contributed by atoms with E-state index in [1.165, 1.54) is 27.3 Å². The summed E-state index contributed by atoms with van der Waals surface area (Å²) in [4.78, 5) is 11.0.